The van der Waals surface area contributed by atoms with E-state index < -0.39 is 6.10 Å². The van der Waals surface area contributed by atoms with Gasteiger partial charge in [-0.15, -0.1) is 0 Å². The number of anilines is 2. The van der Waals surface area contributed by atoms with Crippen LogP contribution in [0.3, 0.4) is 0 Å². The average Bonchev–Trinajstić information content (AvgIpc) is 2.49. The minimum atomic E-state index is -0.451. The molecular weight excluding hydrogens is 264 g/mol. The monoisotopic (exact) mass is 282 g/mol. The van der Waals surface area contributed by atoms with Crippen molar-refractivity contribution in [3.63, 3.8) is 0 Å². The number of rotatable bonds is 3. The van der Waals surface area contributed by atoms with Gasteiger partial charge >= 0.3 is 0 Å². The summed E-state index contributed by atoms with van der Waals surface area (Å²) in [5, 5.41) is 0. The zero-order chi connectivity index (χ0) is 14.8. The predicted molar refractivity (Wildman–Crippen MR) is 83.4 cm³/mol. The van der Waals surface area contributed by atoms with Crippen LogP contribution in [0.25, 0.3) is 0 Å². The lowest BCUT2D eigenvalue weighted by Crippen LogP contribution is -2.45. The standard InChI is InChI=1S/C17H18N2O2/c1-12-17(20)19(15-8-4-5-9-16(15)21-12)11-10-13-6-2-3-7-14(13)18/h2-9,12H,10-11,18H2,1H3. The second kappa shape index (κ2) is 5.48. The van der Waals surface area contributed by atoms with Gasteiger partial charge in [0.15, 0.2) is 6.10 Å². The number of carbonyl (C=O) groups is 1. The van der Waals surface area contributed by atoms with Crippen LogP contribution < -0.4 is 15.4 Å². The van der Waals surface area contributed by atoms with Gasteiger partial charge in [0.05, 0.1) is 5.69 Å². The first-order valence-corrected chi connectivity index (χ1v) is 7.07. The Balaban J connectivity index is 1.84. The van der Waals surface area contributed by atoms with Gasteiger partial charge in [-0.25, -0.2) is 0 Å². The second-order valence-electron chi connectivity index (χ2n) is 5.17. The number of hydrogen-bond donors (Lipinski definition) is 1. The zero-order valence-electron chi connectivity index (χ0n) is 12.0. The summed E-state index contributed by atoms with van der Waals surface area (Å²) in [6.45, 7) is 2.37. The molecule has 0 radical (unpaired) electrons. The van der Waals surface area contributed by atoms with Crippen LogP contribution in [0, 0.1) is 0 Å². The molecule has 0 aromatic heterocycles. The highest BCUT2D eigenvalue weighted by molar-refractivity contribution is 5.99. The lowest BCUT2D eigenvalue weighted by molar-refractivity contribution is -0.125. The maximum absolute atomic E-state index is 12.4. The molecular formula is C17H18N2O2. The summed E-state index contributed by atoms with van der Waals surface area (Å²) in [5.41, 5.74) is 8.61. The number of amides is 1. The van der Waals surface area contributed by atoms with Crippen molar-refractivity contribution in [2.45, 2.75) is 19.4 Å². The number of nitrogen functional groups attached to an aromatic ring is 1. The van der Waals surface area contributed by atoms with Gasteiger partial charge in [-0.05, 0) is 37.1 Å². The summed E-state index contributed by atoms with van der Waals surface area (Å²) >= 11 is 0. The number of benzene rings is 2. The van der Waals surface area contributed by atoms with E-state index in [1.54, 1.807) is 11.8 Å². The fraction of sp³-hybridized carbons (Fsp3) is 0.235. The van der Waals surface area contributed by atoms with E-state index in [1.165, 1.54) is 0 Å². The van der Waals surface area contributed by atoms with Crippen molar-refractivity contribution in [3.8, 4) is 5.75 Å². The summed E-state index contributed by atoms with van der Waals surface area (Å²) in [6.07, 6.45) is 0.271. The minimum Gasteiger partial charge on any atom is -0.479 e. The Kier molecular flexibility index (Phi) is 3.52. The van der Waals surface area contributed by atoms with E-state index in [9.17, 15) is 4.79 Å². The Labute approximate surface area is 124 Å². The third kappa shape index (κ3) is 2.57. The molecule has 108 valence electrons. The van der Waals surface area contributed by atoms with Gasteiger partial charge in [0, 0.05) is 12.2 Å². The van der Waals surface area contributed by atoms with Crippen LogP contribution in [0.15, 0.2) is 48.5 Å². The Morgan fingerprint density at radius 2 is 1.86 bits per heavy atom. The number of nitrogens with two attached hydrogens (primary N) is 1. The summed E-state index contributed by atoms with van der Waals surface area (Å²) in [6, 6.07) is 15.4. The fourth-order valence-corrected chi connectivity index (χ4v) is 2.58. The maximum Gasteiger partial charge on any atom is 0.267 e. The van der Waals surface area contributed by atoms with Crippen molar-refractivity contribution in [3.05, 3.63) is 54.1 Å². The largest absolute Gasteiger partial charge is 0.479 e. The van der Waals surface area contributed by atoms with Crippen molar-refractivity contribution in [1.82, 2.24) is 0 Å². The number of nitrogens with zero attached hydrogens (tertiary/aromatic N) is 1. The molecule has 21 heavy (non-hydrogen) atoms. The van der Waals surface area contributed by atoms with Gasteiger partial charge < -0.3 is 15.4 Å². The van der Waals surface area contributed by atoms with E-state index in [-0.39, 0.29) is 5.91 Å². The number of para-hydroxylation sites is 3. The van der Waals surface area contributed by atoms with Crippen molar-refractivity contribution >= 4 is 17.3 Å². The first-order chi connectivity index (χ1) is 10.2. The third-order valence-corrected chi connectivity index (χ3v) is 3.73. The molecule has 2 aromatic carbocycles. The van der Waals surface area contributed by atoms with Crippen LogP contribution in [0.4, 0.5) is 11.4 Å². The molecule has 0 spiro atoms. The van der Waals surface area contributed by atoms with Crippen LogP contribution in [0.2, 0.25) is 0 Å². The summed E-state index contributed by atoms with van der Waals surface area (Å²) in [4.78, 5) is 14.2. The van der Waals surface area contributed by atoms with Crippen LogP contribution in [-0.4, -0.2) is 18.6 Å². The molecule has 0 saturated heterocycles. The average molecular weight is 282 g/mol. The lowest BCUT2D eigenvalue weighted by atomic mass is 10.1. The number of ether oxygens (including phenoxy) is 1. The van der Waals surface area contributed by atoms with E-state index >= 15 is 0 Å². The van der Waals surface area contributed by atoms with Crippen LogP contribution >= 0.6 is 0 Å². The highest BCUT2D eigenvalue weighted by Gasteiger charge is 2.30. The van der Waals surface area contributed by atoms with E-state index in [0.717, 1.165) is 29.1 Å². The smallest absolute Gasteiger partial charge is 0.267 e. The quantitative estimate of drug-likeness (QED) is 0.880. The number of fused-ring (bicyclic) bond motifs is 1. The zero-order valence-corrected chi connectivity index (χ0v) is 12.0. The summed E-state index contributed by atoms with van der Waals surface area (Å²) in [5.74, 6) is 0.744. The van der Waals surface area contributed by atoms with Gasteiger partial charge in [-0.3, -0.25) is 4.79 Å². The van der Waals surface area contributed by atoms with E-state index in [4.69, 9.17) is 10.5 Å². The molecule has 2 aromatic rings. The summed E-state index contributed by atoms with van der Waals surface area (Å²) < 4.78 is 5.63. The minimum absolute atomic E-state index is 0.0109. The Bertz CT molecular complexity index is 669. The first-order valence-electron chi connectivity index (χ1n) is 7.07. The molecule has 1 heterocycles. The summed E-state index contributed by atoms with van der Waals surface area (Å²) in [7, 11) is 0. The third-order valence-electron chi connectivity index (χ3n) is 3.73. The molecule has 0 aliphatic carbocycles. The van der Waals surface area contributed by atoms with E-state index in [1.807, 2.05) is 48.5 Å². The van der Waals surface area contributed by atoms with Crippen molar-refractivity contribution in [2.24, 2.45) is 0 Å². The van der Waals surface area contributed by atoms with Gasteiger partial charge in [0.25, 0.3) is 5.91 Å². The molecule has 1 amide bonds. The molecule has 1 aliphatic heterocycles. The molecule has 1 aliphatic rings. The molecule has 0 fully saturated rings. The van der Waals surface area contributed by atoms with Gasteiger partial charge in [0.1, 0.15) is 5.75 Å². The molecule has 1 unspecified atom stereocenters. The van der Waals surface area contributed by atoms with Crippen LogP contribution in [-0.2, 0) is 11.2 Å². The molecule has 2 N–H and O–H groups in total. The Morgan fingerprint density at radius 1 is 1.14 bits per heavy atom. The predicted octanol–water partition coefficient (Wildman–Crippen LogP) is 2.63. The van der Waals surface area contributed by atoms with Crippen LogP contribution in [0.5, 0.6) is 5.75 Å². The van der Waals surface area contributed by atoms with Crippen molar-refractivity contribution in [1.29, 1.82) is 0 Å². The van der Waals surface area contributed by atoms with Gasteiger partial charge in [0.2, 0.25) is 0 Å². The molecule has 0 saturated carbocycles. The molecule has 1 atom stereocenters. The molecule has 4 nitrogen and oxygen atoms in total. The number of hydrogen-bond acceptors (Lipinski definition) is 3. The highest BCUT2D eigenvalue weighted by Crippen LogP contribution is 2.33. The number of carbonyl (C=O) groups excluding carboxylic acids is 1. The van der Waals surface area contributed by atoms with E-state index in [2.05, 4.69) is 0 Å². The molecule has 4 heteroatoms. The van der Waals surface area contributed by atoms with Gasteiger partial charge in [-0.2, -0.15) is 0 Å². The Morgan fingerprint density at radius 3 is 2.67 bits per heavy atom. The first kappa shape index (κ1) is 13.5. The Hall–Kier alpha value is -2.49. The lowest BCUT2D eigenvalue weighted by Gasteiger charge is -2.33. The van der Waals surface area contributed by atoms with E-state index in [0.29, 0.717) is 6.54 Å². The second-order valence-corrected chi connectivity index (χ2v) is 5.17. The maximum atomic E-state index is 12.4. The van der Waals surface area contributed by atoms with Crippen molar-refractivity contribution in [2.75, 3.05) is 17.2 Å². The normalized spacial score (nSPS) is 17.3. The van der Waals surface area contributed by atoms with Crippen LogP contribution in [0.1, 0.15) is 12.5 Å². The van der Waals surface area contributed by atoms with Crippen molar-refractivity contribution < 1.29 is 9.53 Å². The topological polar surface area (TPSA) is 55.6 Å². The SMILES string of the molecule is CC1Oc2ccccc2N(CCc2ccccc2N)C1=O. The fourth-order valence-electron chi connectivity index (χ4n) is 2.58. The molecule has 0 bridgehead atoms. The van der Waals surface area contributed by atoms with Gasteiger partial charge in [-0.1, -0.05) is 30.3 Å². The molecule has 3 rings (SSSR count). The highest BCUT2D eigenvalue weighted by atomic mass is 16.5.